The molecule has 2 amide bonds. The summed E-state index contributed by atoms with van der Waals surface area (Å²) in [6.45, 7) is 6.48. The van der Waals surface area contributed by atoms with Crippen LogP contribution >= 0.6 is 0 Å². The molecule has 4 heteroatoms. The molecule has 0 saturated heterocycles. The highest BCUT2D eigenvalue weighted by atomic mass is 16.5. The average Bonchev–Trinajstić information content (AvgIpc) is 1.99. The van der Waals surface area contributed by atoms with Crippen LogP contribution in [0.4, 0.5) is 4.79 Å². The van der Waals surface area contributed by atoms with Crippen LogP contribution in [0.1, 0.15) is 40.0 Å². The number of carbonyl (C=O) groups excluding carboxylic acids is 1. The quantitative estimate of drug-likeness (QED) is 0.750. The minimum atomic E-state index is -0.191. The van der Waals surface area contributed by atoms with Gasteiger partial charge in [-0.3, -0.25) is 0 Å². The van der Waals surface area contributed by atoms with Crippen molar-refractivity contribution in [1.82, 2.24) is 10.6 Å². The first kappa shape index (κ1) is 12.3. The largest absolute Gasteiger partial charge is 0.376 e. The van der Waals surface area contributed by atoms with E-state index in [0.29, 0.717) is 6.54 Å². The molecule has 15 heavy (non-hydrogen) atoms. The fourth-order valence-corrected chi connectivity index (χ4v) is 1.65. The van der Waals surface area contributed by atoms with Gasteiger partial charge in [0.15, 0.2) is 0 Å². The molecule has 4 nitrogen and oxygen atoms in total. The van der Waals surface area contributed by atoms with E-state index >= 15 is 0 Å². The van der Waals surface area contributed by atoms with Crippen LogP contribution in [0, 0.1) is 0 Å². The Morgan fingerprint density at radius 1 is 1.40 bits per heavy atom. The highest BCUT2D eigenvalue weighted by Gasteiger charge is 2.37. The van der Waals surface area contributed by atoms with Crippen molar-refractivity contribution in [3.05, 3.63) is 0 Å². The van der Waals surface area contributed by atoms with E-state index in [4.69, 9.17) is 4.74 Å². The van der Waals surface area contributed by atoms with Crippen molar-refractivity contribution in [3.63, 3.8) is 0 Å². The number of urea groups is 1. The molecule has 1 aliphatic rings. The second-order valence-corrected chi connectivity index (χ2v) is 5.30. The van der Waals surface area contributed by atoms with E-state index < -0.39 is 0 Å². The molecule has 0 radical (unpaired) electrons. The fourth-order valence-electron chi connectivity index (χ4n) is 1.65. The van der Waals surface area contributed by atoms with Gasteiger partial charge in [0, 0.05) is 19.2 Å². The SMILES string of the molecule is COC1(CNC(=O)NC(C)(C)C)CCC1. The van der Waals surface area contributed by atoms with Crippen molar-refractivity contribution in [2.45, 2.75) is 51.2 Å². The Labute approximate surface area is 91.8 Å². The van der Waals surface area contributed by atoms with Crippen molar-refractivity contribution >= 4 is 6.03 Å². The fraction of sp³-hybridized carbons (Fsp3) is 0.909. The van der Waals surface area contributed by atoms with E-state index in [-0.39, 0.29) is 17.2 Å². The number of amides is 2. The number of carbonyl (C=O) groups is 1. The van der Waals surface area contributed by atoms with Crippen LogP contribution in [0.3, 0.4) is 0 Å². The number of methoxy groups -OCH3 is 1. The number of hydrogen-bond donors (Lipinski definition) is 2. The Bertz CT molecular complexity index is 224. The molecule has 0 aromatic rings. The van der Waals surface area contributed by atoms with Crippen molar-refractivity contribution < 1.29 is 9.53 Å². The number of hydrogen-bond acceptors (Lipinski definition) is 2. The minimum absolute atomic E-state index is 0.102. The molecule has 1 aliphatic carbocycles. The number of ether oxygens (including phenoxy) is 1. The lowest BCUT2D eigenvalue weighted by Gasteiger charge is -2.40. The maximum Gasteiger partial charge on any atom is 0.315 e. The summed E-state index contributed by atoms with van der Waals surface area (Å²) < 4.78 is 5.41. The molecule has 2 N–H and O–H groups in total. The zero-order chi connectivity index (χ0) is 11.5. The van der Waals surface area contributed by atoms with Crippen LogP contribution in [-0.2, 0) is 4.74 Å². The average molecular weight is 214 g/mol. The molecule has 0 heterocycles. The van der Waals surface area contributed by atoms with Gasteiger partial charge in [-0.05, 0) is 40.0 Å². The molecule has 0 spiro atoms. The van der Waals surface area contributed by atoms with Crippen molar-refractivity contribution in [2.75, 3.05) is 13.7 Å². The maximum absolute atomic E-state index is 11.5. The van der Waals surface area contributed by atoms with Gasteiger partial charge < -0.3 is 15.4 Å². The van der Waals surface area contributed by atoms with E-state index in [1.807, 2.05) is 20.8 Å². The van der Waals surface area contributed by atoms with Crippen LogP contribution in [0.5, 0.6) is 0 Å². The van der Waals surface area contributed by atoms with Gasteiger partial charge in [-0.1, -0.05) is 0 Å². The lowest BCUT2D eigenvalue weighted by atomic mass is 9.80. The van der Waals surface area contributed by atoms with E-state index in [0.717, 1.165) is 12.8 Å². The smallest absolute Gasteiger partial charge is 0.315 e. The summed E-state index contributed by atoms with van der Waals surface area (Å²) in [5.41, 5.74) is -0.293. The second kappa shape index (κ2) is 4.39. The van der Waals surface area contributed by atoms with Gasteiger partial charge in [0.05, 0.1) is 5.60 Å². The summed E-state index contributed by atoms with van der Waals surface area (Å²) in [6.07, 6.45) is 3.27. The Kier molecular flexibility index (Phi) is 3.60. The predicted molar refractivity (Wildman–Crippen MR) is 59.9 cm³/mol. The molecular formula is C11H22N2O2. The molecule has 1 fully saturated rings. The summed E-state index contributed by atoms with van der Waals surface area (Å²) >= 11 is 0. The topological polar surface area (TPSA) is 50.4 Å². The summed E-state index contributed by atoms with van der Waals surface area (Å²) in [6, 6.07) is -0.120. The van der Waals surface area contributed by atoms with Crippen LogP contribution in [0.2, 0.25) is 0 Å². The standard InChI is InChI=1S/C11H22N2O2/c1-10(2,3)13-9(14)12-8-11(15-4)6-5-7-11/h5-8H2,1-4H3,(H2,12,13,14). The molecule has 88 valence electrons. The van der Waals surface area contributed by atoms with E-state index in [9.17, 15) is 4.79 Å². The second-order valence-electron chi connectivity index (χ2n) is 5.30. The Hall–Kier alpha value is -0.770. The first-order valence-electron chi connectivity index (χ1n) is 5.48. The molecule has 0 aliphatic heterocycles. The molecule has 0 aromatic carbocycles. The van der Waals surface area contributed by atoms with Gasteiger partial charge in [0.25, 0.3) is 0 Å². The molecule has 0 atom stereocenters. The Morgan fingerprint density at radius 2 is 2.00 bits per heavy atom. The summed E-state index contributed by atoms with van der Waals surface area (Å²) in [5.74, 6) is 0. The van der Waals surface area contributed by atoms with Crippen molar-refractivity contribution in [3.8, 4) is 0 Å². The van der Waals surface area contributed by atoms with Crippen LogP contribution < -0.4 is 10.6 Å². The van der Waals surface area contributed by atoms with Crippen molar-refractivity contribution in [1.29, 1.82) is 0 Å². The molecule has 0 unspecified atom stereocenters. The van der Waals surface area contributed by atoms with Gasteiger partial charge in [0.1, 0.15) is 0 Å². The first-order valence-corrected chi connectivity index (χ1v) is 5.48. The lowest BCUT2D eigenvalue weighted by molar-refractivity contribution is -0.0674. The Morgan fingerprint density at radius 3 is 2.33 bits per heavy atom. The third-order valence-electron chi connectivity index (χ3n) is 2.76. The van der Waals surface area contributed by atoms with Crippen molar-refractivity contribution in [2.24, 2.45) is 0 Å². The zero-order valence-electron chi connectivity index (χ0n) is 10.1. The van der Waals surface area contributed by atoms with E-state index in [1.165, 1.54) is 6.42 Å². The predicted octanol–water partition coefficient (Wildman–Crippen LogP) is 1.65. The number of nitrogens with one attached hydrogen (secondary N) is 2. The van der Waals surface area contributed by atoms with Crippen LogP contribution in [-0.4, -0.2) is 30.8 Å². The maximum atomic E-state index is 11.5. The van der Waals surface area contributed by atoms with Crippen LogP contribution in [0.15, 0.2) is 0 Å². The molecule has 1 rings (SSSR count). The normalized spacial score (nSPS) is 19.2. The molecular weight excluding hydrogens is 192 g/mol. The molecule has 1 saturated carbocycles. The van der Waals surface area contributed by atoms with Gasteiger partial charge in [-0.15, -0.1) is 0 Å². The monoisotopic (exact) mass is 214 g/mol. The lowest BCUT2D eigenvalue weighted by Crippen LogP contribution is -2.54. The number of rotatable bonds is 3. The third kappa shape index (κ3) is 3.70. The third-order valence-corrected chi connectivity index (χ3v) is 2.76. The molecule has 0 aromatic heterocycles. The summed E-state index contributed by atoms with van der Waals surface area (Å²) in [5, 5.41) is 5.72. The van der Waals surface area contributed by atoms with Crippen LogP contribution in [0.25, 0.3) is 0 Å². The first-order chi connectivity index (χ1) is 6.87. The zero-order valence-corrected chi connectivity index (χ0v) is 10.1. The van der Waals surface area contributed by atoms with E-state index in [2.05, 4.69) is 10.6 Å². The summed E-state index contributed by atoms with van der Waals surface area (Å²) in [4.78, 5) is 11.5. The van der Waals surface area contributed by atoms with Gasteiger partial charge in [-0.25, -0.2) is 4.79 Å². The summed E-state index contributed by atoms with van der Waals surface area (Å²) in [7, 11) is 1.71. The van der Waals surface area contributed by atoms with E-state index in [1.54, 1.807) is 7.11 Å². The minimum Gasteiger partial charge on any atom is -0.376 e. The van der Waals surface area contributed by atoms with Gasteiger partial charge >= 0.3 is 6.03 Å². The highest BCUT2D eigenvalue weighted by Crippen LogP contribution is 2.34. The highest BCUT2D eigenvalue weighted by molar-refractivity contribution is 5.74. The molecule has 0 bridgehead atoms. The van der Waals surface area contributed by atoms with Gasteiger partial charge in [-0.2, -0.15) is 0 Å². The van der Waals surface area contributed by atoms with Gasteiger partial charge in [0.2, 0.25) is 0 Å². The Balaban J connectivity index is 2.27.